The van der Waals surface area contributed by atoms with Gasteiger partial charge in [0, 0.05) is 6.92 Å². The van der Waals surface area contributed by atoms with Crippen LogP contribution in [-0.4, -0.2) is 23.3 Å². The summed E-state index contributed by atoms with van der Waals surface area (Å²) in [6.45, 7) is 3.79. The molecule has 74 valence electrons. The van der Waals surface area contributed by atoms with Crippen LogP contribution in [0.1, 0.15) is 18.1 Å². The Labute approximate surface area is 84.4 Å². The molecule has 3 nitrogen and oxygen atoms in total. The highest BCUT2D eigenvalue weighted by Gasteiger charge is 2.09. The van der Waals surface area contributed by atoms with E-state index in [2.05, 4.69) is 0 Å². The van der Waals surface area contributed by atoms with Gasteiger partial charge in [0.15, 0.2) is 5.84 Å². The van der Waals surface area contributed by atoms with Gasteiger partial charge in [-0.05, 0) is 19.1 Å². The maximum Gasteiger partial charge on any atom is 0.261 e. The van der Waals surface area contributed by atoms with Gasteiger partial charge in [-0.15, -0.1) is 0 Å². The Kier molecular flexibility index (Phi) is 3.02. The van der Waals surface area contributed by atoms with Crippen molar-refractivity contribution in [2.75, 3.05) is 7.05 Å². The van der Waals surface area contributed by atoms with E-state index in [0.717, 1.165) is 11.1 Å². The van der Waals surface area contributed by atoms with Gasteiger partial charge in [0.25, 0.3) is 5.84 Å². The van der Waals surface area contributed by atoms with Gasteiger partial charge < -0.3 is 5.73 Å². The number of hydrogen-bond acceptors (Lipinski definition) is 1. The average molecular weight is 190 g/mol. The van der Waals surface area contributed by atoms with Crippen LogP contribution in [0.25, 0.3) is 0 Å². The number of amidine groups is 2. The first-order valence-corrected chi connectivity index (χ1v) is 4.50. The van der Waals surface area contributed by atoms with Crippen molar-refractivity contribution < 1.29 is 4.58 Å². The second-order valence-electron chi connectivity index (χ2n) is 3.42. The second kappa shape index (κ2) is 4.05. The van der Waals surface area contributed by atoms with E-state index in [1.54, 1.807) is 18.5 Å². The summed E-state index contributed by atoms with van der Waals surface area (Å²) < 4.78 is 1.66. The maximum absolute atomic E-state index is 7.89. The lowest BCUT2D eigenvalue weighted by Crippen LogP contribution is -2.28. The predicted molar refractivity (Wildman–Crippen MR) is 59.1 cm³/mol. The number of nitrogens with one attached hydrogen (secondary N) is 1. The van der Waals surface area contributed by atoms with E-state index < -0.39 is 0 Å². The summed E-state index contributed by atoms with van der Waals surface area (Å²) in [6, 6.07) is 7.84. The standard InChI is InChI=1S/C11H15N3/c1-8-5-4-6-10(7-8)11(13)14(3)9(2)12/h4-7,12-13H,1-3H3/p+1. The summed E-state index contributed by atoms with van der Waals surface area (Å²) in [6.07, 6.45) is 0. The summed E-state index contributed by atoms with van der Waals surface area (Å²) in [4.78, 5) is 0. The van der Waals surface area contributed by atoms with Crippen molar-refractivity contribution in [2.24, 2.45) is 5.73 Å². The molecule has 14 heavy (non-hydrogen) atoms. The smallest absolute Gasteiger partial charge is 0.261 e. The minimum Gasteiger partial charge on any atom is -0.322 e. The van der Waals surface area contributed by atoms with Gasteiger partial charge in [0.05, 0.1) is 12.6 Å². The molecule has 0 radical (unpaired) electrons. The lowest BCUT2D eigenvalue weighted by Gasteiger charge is -2.04. The monoisotopic (exact) mass is 190 g/mol. The third-order valence-electron chi connectivity index (χ3n) is 2.16. The Morgan fingerprint density at radius 2 is 2.07 bits per heavy atom. The van der Waals surface area contributed by atoms with Crippen LogP contribution in [0.5, 0.6) is 0 Å². The molecule has 1 rings (SSSR count). The van der Waals surface area contributed by atoms with E-state index >= 15 is 0 Å². The van der Waals surface area contributed by atoms with Crippen molar-refractivity contribution in [1.29, 1.82) is 5.41 Å². The molecular weight excluding hydrogens is 174 g/mol. The molecular formula is C11H16N3+. The summed E-state index contributed by atoms with van der Waals surface area (Å²) in [5.41, 5.74) is 7.65. The fourth-order valence-electron chi connectivity index (χ4n) is 1.16. The number of aryl methyl sites for hydroxylation is 1. The minimum atomic E-state index is 0.425. The number of hydrogen-bond donors (Lipinski definition) is 2. The van der Waals surface area contributed by atoms with Crippen molar-refractivity contribution in [3.63, 3.8) is 0 Å². The zero-order valence-corrected chi connectivity index (χ0v) is 8.83. The van der Waals surface area contributed by atoms with Crippen LogP contribution < -0.4 is 5.73 Å². The van der Waals surface area contributed by atoms with Crippen LogP contribution in [-0.2, 0) is 0 Å². The fourth-order valence-corrected chi connectivity index (χ4v) is 1.16. The Hall–Kier alpha value is -1.64. The molecule has 0 saturated carbocycles. The first-order chi connectivity index (χ1) is 6.52. The zero-order chi connectivity index (χ0) is 10.7. The van der Waals surface area contributed by atoms with Crippen LogP contribution in [0, 0.1) is 12.3 Å². The van der Waals surface area contributed by atoms with E-state index in [1.165, 1.54) is 0 Å². The average Bonchev–Trinajstić information content (AvgIpc) is 2.15. The molecule has 0 saturated heterocycles. The van der Waals surface area contributed by atoms with Gasteiger partial charge in [-0.1, -0.05) is 17.7 Å². The summed E-state index contributed by atoms with van der Waals surface area (Å²) in [7, 11) is 1.79. The first-order valence-electron chi connectivity index (χ1n) is 4.50. The molecule has 0 aliphatic rings. The molecule has 1 aromatic carbocycles. The quantitative estimate of drug-likeness (QED) is 0.392. The lowest BCUT2D eigenvalue weighted by atomic mass is 10.1. The fraction of sp³-hybridized carbons (Fsp3) is 0.273. The van der Waals surface area contributed by atoms with Crippen LogP contribution >= 0.6 is 0 Å². The molecule has 0 amide bonds. The molecule has 0 aliphatic carbocycles. The highest BCUT2D eigenvalue weighted by molar-refractivity contribution is 5.93. The van der Waals surface area contributed by atoms with E-state index in [1.807, 2.05) is 31.2 Å². The number of nitrogens with two attached hydrogens (primary N) is 1. The normalized spacial score (nSPS) is 12.2. The zero-order valence-electron chi connectivity index (χ0n) is 8.83. The van der Waals surface area contributed by atoms with Crippen LogP contribution in [0.15, 0.2) is 24.3 Å². The lowest BCUT2D eigenvalue weighted by molar-refractivity contribution is -0.372. The third-order valence-corrected chi connectivity index (χ3v) is 2.16. The van der Waals surface area contributed by atoms with Gasteiger partial charge in [0.2, 0.25) is 0 Å². The maximum atomic E-state index is 7.89. The summed E-state index contributed by atoms with van der Waals surface area (Å²) >= 11 is 0. The van der Waals surface area contributed by atoms with E-state index in [4.69, 9.17) is 11.1 Å². The molecule has 0 heterocycles. The van der Waals surface area contributed by atoms with Crippen molar-refractivity contribution in [3.8, 4) is 0 Å². The summed E-state index contributed by atoms with van der Waals surface area (Å²) in [5.74, 6) is 1.05. The Morgan fingerprint density at radius 1 is 1.43 bits per heavy atom. The highest BCUT2D eigenvalue weighted by Crippen LogP contribution is 2.04. The van der Waals surface area contributed by atoms with Gasteiger partial charge in [-0.25, -0.2) is 4.58 Å². The number of nitrogens with zero attached hydrogens (tertiary/aromatic N) is 1. The molecule has 3 heteroatoms. The third kappa shape index (κ3) is 2.19. The van der Waals surface area contributed by atoms with Gasteiger partial charge in [-0.2, -0.15) is 5.41 Å². The summed E-state index contributed by atoms with van der Waals surface area (Å²) in [5, 5.41) is 7.89. The Bertz CT molecular complexity index is 387. The SMILES string of the molecule is CC(N)=[N+](C)C(=N)c1cccc(C)c1. The highest BCUT2D eigenvalue weighted by atomic mass is 15.1. The molecule has 0 aliphatic heterocycles. The van der Waals surface area contributed by atoms with Crippen LogP contribution in [0.4, 0.5) is 0 Å². The molecule has 0 unspecified atom stereocenters. The first kappa shape index (κ1) is 10.4. The molecule has 0 bridgehead atoms. The predicted octanol–water partition coefficient (Wildman–Crippen LogP) is 1.34. The van der Waals surface area contributed by atoms with Crippen LogP contribution in [0.2, 0.25) is 0 Å². The van der Waals surface area contributed by atoms with E-state index in [0.29, 0.717) is 11.7 Å². The topological polar surface area (TPSA) is 52.9 Å². The number of benzene rings is 1. The van der Waals surface area contributed by atoms with Crippen LogP contribution in [0.3, 0.4) is 0 Å². The Morgan fingerprint density at radius 3 is 2.57 bits per heavy atom. The van der Waals surface area contributed by atoms with Crippen molar-refractivity contribution in [2.45, 2.75) is 13.8 Å². The number of rotatable bonds is 1. The van der Waals surface area contributed by atoms with Gasteiger partial charge in [0.1, 0.15) is 0 Å². The molecule has 0 spiro atoms. The molecule has 0 aromatic heterocycles. The molecule has 0 atom stereocenters. The van der Waals surface area contributed by atoms with Crippen molar-refractivity contribution >= 4 is 11.7 Å². The van der Waals surface area contributed by atoms with Crippen molar-refractivity contribution in [3.05, 3.63) is 35.4 Å². The largest absolute Gasteiger partial charge is 0.322 e. The molecule has 1 aromatic rings. The Balaban J connectivity index is 3.08. The second-order valence-corrected chi connectivity index (χ2v) is 3.42. The van der Waals surface area contributed by atoms with Gasteiger partial charge in [-0.3, -0.25) is 0 Å². The molecule has 3 N–H and O–H groups in total. The van der Waals surface area contributed by atoms with E-state index in [9.17, 15) is 0 Å². The van der Waals surface area contributed by atoms with Gasteiger partial charge >= 0.3 is 0 Å². The van der Waals surface area contributed by atoms with E-state index in [-0.39, 0.29) is 0 Å². The van der Waals surface area contributed by atoms with Crippen molar-refractivity contribution in [1.82, 2.24) is 0 Å². The molecule has 0 fully saturated rings. The minimum absolute atomic E-state index is 0.425.